The van der Waals surface area contributed by atoms with Gasteiger partial charge in [-0.2, -0.15) is 0 Å². The maximum absolute atomic E-state index is 4.77. The predicted molar refractivity (Wildman–Crippen MR) is 144 cm³/mol. The number of aromatic amines is 1. The molecule has 35 heavy (non-hydrogen) atoms. The van der Waals surface area contributed by atoms with Gasteiger partial charge in [-0.1, -0.05) is 54.6 Å². The van der Waals surface area contributed by atoms with Gasteiger partial charge in [-0.15, -0.1) is 0 Å². The Morgan fingerprint density at radius 3 is 2.29 bits per heavy atom. The molecule has 180 valence electrons. The van der Waals surface area contributed by atoms with Gasteiger partial charge in [0.25, 0.3) is 0 Å². The van der Waals surface area contributed by atoms with Crippen molar-refractivity contribution in [2.75, 3.05) is 46.3 Å². The van der Waals surface area contributed by atoms with Gasteiger partial charge in [0, 0.05) is 44.3 Å². The van der Waals surface area contributed by atoms with Crippen LogP contribution in [0, 0.1) is 0 Å². The van der Waals surface area contributed by atoms with Crippen molar-refractivity contribution in [3.05, 3.63) is 78.4 Å². The molecule has 4 aromatic rings. The summed E-state index contributed by atoms with van der Waals surface area (Å²) in [4.78, 5) is 16.0. The Morgan fingerprint density at radius 1 is 0.771 bits per heavy atom. The summed E-state index contributed by atoms with van der Waals surface area (Å²) in [5.74, 6) is 0.920. The third-order valence-corrected chi connectivity index (χ3v) is 7.83. The molecule has 5 heteroatoms. The number of nitrogens with zero attached hydrogens (tertiary/aromatic N) is 4. The molecule has 0 aliphatic carbocycles. The number of hydrogen-bond acceptors (Lipinski definition) is 4. The topological polar surface area (TPSA) is 38.4 Å². The summed E-state index contributed by atoms with van der Waals surface area (Å²) in [5.41, 5.74) is 7.06. The molecule has 2 fully saturated rings. The summed E-state index contributed by atoms with van der Waals surface area (Å²) in [6.45, 7) is 8.31. The lowest BCUT2D eigenvalue weighted by Gasteiger charge is -2.42. The molecule has 0 radical (unpaired) electrons. The number of benzene rings is 3. The Bertz CT molecular complexity index is 1230. The number of imidazole rings is 1. The summed E-state index contributed by atoms with van der Waals surface area (Å²) >= 11 is 0. The van der Waals surface area contributed by atoms with Gasteiger partial charge in [0.1, 0.15) is 5.82 Å². The highest BCUT2D eigenvalue weighted by molar-refractivity contribution is 5.80. The van der Waals surface area contributed by atoms with E-state index in [1.165, 1.54) is 68.8 Å². The second kappa shape index (κ2) is 9.94. The Kier molecular flexibility index (Phi) is 6.38. The average molecular weight is 466 g/mol. The second-order valence-electron chi connectivity index (χ2n) is 10.2. The first-order valence-electron chi connectivity index (χ1n) is 13.0. The molecule has 0 saturated carbocycles. The SMILES string of the molecule is CN1CCC(N2CCN(Cc3ccc(-c4cccc(-c5nc6ccccc6[nH]5)c4)cc3)CC2)CC1. The first-order chi connectivity index (χ1) is 17.2. The van der Waals surface area contributed by atoms with Crippen LogP contribution >= 0.6 is 0 Å². The minimum absolute atomic E-state index is 0.794. The zero-order valence-electron chi connectivity index (χ0n) is 20.7. The highest BCUT2D eigenvalue weighted by Crippen LogP contribution is 2.27. The molecule has 6 rings (SSSR count). The van der Waals surface area contributed by atoms with E-state index < -0.39 is 0 Å². The number of piperazine rings is 1. The second-order valence-corrected chi connectivity index (χ2v) is 10.2. The van der Waals surface area contributed by atoms with Gasteiger partial charge in [-0.25, -0.2) is 4.98 Å². The number of H-pyrrole nitrogens is 1. The van der Waals surface area contributed by atoms with Crippen LogP contribution < -0.4 is 0 Å². The molecule has 1 N–H and O–H groups in total. The van der Waals surface area contributed by atoms with E-state index >= 15 is 0 Å². The molecule has 2 aliphatic rings. The van der Waals surface area contributed by atoms with E-state index in [-0.39, 0.29) is 0 Å². The van der Waals surface area contributed by atoms with Crippen LogP contribution in [-0.4, -0.2) is 77.0 Å². The smallest absolute Gasteiger partial charge is 0.138 e. The van der Waals surface area contributed by atoms with Crippen LogP contribution in [0.2, 0.25) is 0 Å². The molecule has 1 aromatic heterocycles. The standard InChI is InChI=1S/C30H35N5/c1-33-15-13-27(14-16-33)35-19-17-34(18-20-35)22-23-9-11-24(12-10-23)25-5-4-6-26(21-25)30-31-28-7-2-3-8-29(28)32-30/h2-12,21,27H,13-20,22H2,1H3,(H,31,32). The minimum Gasteiger partial charge on any atom is -0.338 e. The maximum Gasteiger partial charge on any atom is 0.138 e. The number of hydrogen-bond donors (Lipinski definition) is 1. The van der Waals surface area contributed by atoms with Crippen molar-refractivity contribution in [2.45, 2.75) is 25.4 Å². The molecule has 0 atom stereocenters. The summed E-state index contributed by atoms with van der Waals surface area (Å²) in [7, 11) is 2.25. The van der Waals surface area contributed by atoms with Gasteiger partial charge in [0.15, 0.2) is 0 Å². The fraction of sp³-hybridized carbons (Fsp3) is 0.367. The molecular formula is C30H35N5. The number of rotatable bonds is 5. The molecule has 0 amide bonds. The molecule has 3 aromatic carbocycles. The third-order valence-electron chi connectivity index (χ3n) is 7.83. The van der Waals surface area contributed by atoms with Crippen molar-refractivity contribution in [2.24, 2.45) is 0 Å². The molecule has 0 bridgehead atoms. The van der Waals surface area contributed by atoms with Gasteiger partial charge in [0.05, 0.1) is 11.0 Å². The van der Waals surface area contributed by atoms with Gasteiger partial charge in [-0.05, 0) is 67.9 Å². The number of likely N-dealkylation sites (tertiary alicyclic amines) is 1. The number of nitrogens with one attached hydrogen (secondary N) is 1. The Morgan fingerprint density at radius 2 is 1.51 bits per heavy atom. The van der Waals surface area contributed by atoms with E-state index in [0.717, 1.165) is 35.0 Å². The summed E-state index contributed by atoms with van der Waals surface area (Å²) in [6, 6.07) is 26.8. The largest absolute Gasteiger partial charge is 0.338 e. The fourth-order valence-corrected chi connectivity index (χ4v) is 5.64. The first-order valence-corrected chi connectivity index (χ1v) is 13.0. The molecule has 5 nitrogen and oxygen atoms in total. The van der Waals surface area contributed by atoms with Crippen LogP contribution in [0.1, 0.15) is 18.4 Å². The van der Waals surface area contributed by atoms with Crippen LogP contribution in [0.4, 0.5) is 0 Å². The number of aromatic nitrogens is 2. The molecular weight excluding hydrogens is 430 g/mol. The summed E-state index contributed by atoms with van der Waals surface area (Å²) in [6.07, 6.45) is 2.66. The van der Waals surface area contributed by atoms with Crippen molar-refractivity contribution in [3.63, 3.8) is 0 Å². The Hall–Kier alpha value is -2.99. The zero-order valence-corrected chi connectivity index (χ0v) is 20.7. The molecule has 2 saturated heterocycles. The van der Waals surface area contributed by atoms with E-state index in [4.69, 9.17) is 4.98 Å². The summed E-state index contributed by atoms with van der Waals surface area (Å²) < 4.78 is 0. The van der Waals surface area contributed by atoms with E-state index in [1.54, 1.807) is 0 Å². The monoisotopic (exact) mass is 465 g/mol. The van der Waals surface area contributed by atoms with Crippen molar-refractivity contribution in [3.8, 4) is 22.5 Å². The fourth-order valence-electron chi connectivity index (χ4n) is 5.64. The highest BCUT2D eigenvalue weighted by atomic mass is 15.3. The molecule has 0 spiro atoms. The molecule has 2 aliphatic heterocycles. The van der Waals surface area contributed by atoms with E-state index in [0.29, 0.717) is 0 Å². The van der Waals surface area contributed by atoms with E-state index in [9.17, 15) is 0 Å². The van der Waals surface area contributed by atoms with Crippen LogP contribution in [-0.2, 0) is 6.54 Å². The average Bonchev–Trinajstić information content (AvgIpc) is 3.35. The lowest BCUT2D eigenvalue weighted by atomic mass is 10.0. The van der Waals surface area contributed by atoms with Crippen molar-refractivity contribution in [1.82, 2.24) is 24.7 Å². The van der Waals surface area contributed by atoms with Gasteiger partial charge >= 0.3 is 0 Å². The van der Waals surface area contributed by atoms with Crippen molar-refractivity contribution >= 4 is 11.0 Å². The van der Waals surface area contributed by atoms with Crippen LogP contribution in [0.15, 0.2) is 72.8 Å². The normalized spacial score (nSPS) is 18.9. The molecule has 3 heterocycles. The maximum atomic E-state index is 4.77. The van der Waals surface area contributed by atoms with Crippen molar-refractivity contribution < 1.29 is 0 Å². The number of piperidine rings is 1. The Balaban J connectivity index is 1.08. The zero-order chi connectivity index (χ0) is 23.6. The molecule has 0 unspecified atom stereocenters. The highest BCUT2D eigenvalue weighted by Gasteiger charge is 2.26. The Labute approximate surface area is 208 Å². The van der Waals surface area contributed by atoms with E-state index in [2.05, 4.69) is 81.3 Å². The number of fused-ring (bicyclic) bond motifs is 1. The van der Waals surface area contributed by atoms with Gasteiger partial charge < -0.3 is 9.88 Å². The lowest BCUT2D eigenvalue weighted by molar-refractivity contribution is 0.0618. The predicted octanol–water partition coefficient (Wildman–Crippen LogP) is 5.11. The number of para-hydroxylation sites is 2. The van der Waals surface area contributed by atoms with Gasteiger partial charge in [0.2, 0.25) is 0 Å². The van der Waals surface area contributed by atoms with Gasteiger partial charge in [-0.3, -0.25) is 9.80 Å². The first kappa shape index (κ1) is 22.5. The summed E-state index contributed by atoms with van der Waals surface area (Å²) in [5, 5.41) is 0. The van der Waals surface area contributed by atoms with Crippen molar-refractivity contribution in [1.29, 1.82) is 0 Å². The third kappa shape index (κ3) is 5.03. The quantitative estimate of drug-likeness (QED) is 0.445. The van der Waals surface area contributed by atoms with Crippen LogP contribution in [0.5, 0.6) is 0 Å². The lowest BCUT2D eigenvalue weighted by Crippen LogP contribution is -2.52. The van der Waals surface area contributed by atoms with Crippen LogP contribution in [0.25, 0.3) is 33.5 Å². The van der Waals surface area contributed by atoms with Crippen LogP contribution in [0.3, 0.4) is 0 Å². The van der Waals surface area contributed by atoms with E-state index in [1.807, 2.05) is 18.2 Å². The minimum atomic E-state index is 0.794.